The largest absolute Gasteiger partial charge is 0.284 e. The Labute approximate surface area is 84.6 Å². The number of rotatable bonds is 4. The zero-order valence-corrected chi connectivity index (χ0v) is 8.96. The Balaban J connectivity index is 4.01. The average molecular weight is 226 g/mol. The lowest BCUT2D eigenvalue weighted by atomic mass is 10.5. The fraction of sp³-hybridized carbons (Fsp3) is 0.667. The molecule has 0 saturated carbocycles. The molecule has 0 saturated heterocycles. The van der Waals surface area contributed by atoms with E-state index < -0.39 is 21.0 Å². The zero-order chi connectivity index (χ0) is 9.56. The number of hydrogen-bond donors (Lipinski definition) is 2. The van der Waals surface area contributed by atoms with Crippen molar-refractivity contribution in [3.63, 3.8) is 0 Å². The Morgan fingerprint density at radius 1 is 1.00 bits per heavy atom. The van der Waals surface area contributed by atoms with Crippen LogP contribution >= 0.6 is 25.3 Å². The van der Waals surface area contributed by atoms with Gasteiger partial charge >= 0.3 is 0 Å². The van der Waals surface area contributed by atoms with Crippen molar-refractivity contribution < 1.29 is 13.8 Å². The fourth-order valence-electron chi connectivity index (χ4n) is 0.495. The van der Waals surface area contributed by atoms with Crippen molar-refractivity contribution in [2.24, 2.45) is 0 Å². The van der Waals surface area contributed by atoms with Crippen LogP contribution in [0.2, 0.25) is 0 Å². The Morgan fingerprint density at radius 3 is 1.58 bits per heavy atom. The van der Waals surface area contributed by atoms with Gasteiger partial charge in [-0.25, -0.2) is 4.21 Å². The van der Waals surface area contributed by atoms with Gasteiger partial charge in [-0.1, -0.05) is 0 Å². The molecule has 0 atom stereocenters. The van der Waals surface area contributed by atoms with Crippen molar-refractivity contribution in [1.82, 2.24) is 0 Å². The van der Waals surface area contributed by atoms with E-state index in [4.69, 9.17) is 0 Å². The van der Waals surface area contributed by atoms with Crippen molar-refractivity contribution in [2.45, 2.75) is 12.8 Å². The molecule has 0 unspecified atom stereocenters. The molecule has 70 valence electrons. The van der Waals surface area contributed by atoms with Gasteiger partial charge in [0.25, 0.3) is 0 Å². The van der Waals surface area contributed by atoms with Crippen LogP contribution in [0.25, 0.3) is 0 Å². The maximum atomic E-state index is 11.0. The van der Waals surface area contributed by atoms with Crippen LogP contribution in [-0.4, -0.2) is 25.9 Å². The zero-order valence-electron chi connectivity index (χ0n) is 6.36. The molecule has 0 aromatic carbocycles. The fourth-order valence-corrected chi connectivity index (χ4v) is 2.03. The third kappa shape index (κ3) is 4.27. The number of hydrogen-bond acceptors (Lipinski definition) is 5. The second-order valence-corrected chi connectivity index (χ2v) is 4.30. The highest BCUT2D eigenvalue weighted by molar-refractivity contribution is 8.13. The first-order valence-corrected chi connectivity index (χ1v) is 5.74. The molecule has 0 fully saturated rings. The lowest BCUT2D eigenvalue weighted by Gasteiger charge is -1.96. The van der Waals surface area contributed by atoms with Gasteiger partial charge in [0.2, 0.25) is 10.2 Å². The van der Waals surface area contributed by atoms with E-state index in [1.165, 1.54) is 0 Å². The lowest BCUT2D eigenvalue weighted by molar-refractivity contribution is -0.113. The van der Waals surface area contributed by atoms with Crippen LogP contribution in [0.4, 0.5) is 0 Å². The van der Waals surface area contributed by atoms with Crippen molar-refractivity contribution in [2.75, 3.05) is 11.5 Å². The topological polar surface area (TPSA) is 51.2 Å². The van der Waals surface area contributed by atoms with Crippen LogP contribution in [0.15, 0.2) is 0 Å². The van der Waals surface area contributed by atoms with Crippen molar-refractivity contribution >= 4 is 46.3 Å². The second-order valence-electron chi connectivity index (χ2n) is 1.96. The van der Waals surface area contributed by atoms with Crippen LogP contribution in [0.1, 0.15) is 12.8 Å². The van der Waals surface area contributed by atoms with Gasteiger partial charge in [0.15, 0.2) is 10.8 Å². The number of carbonyl (C=O) groups excluding carboxylic acids is 2. The van der Waals surface area contributed by atoms with Gasteiger partial charge in [0, 0.05) is 12.8 Å². The standard InChI is InChI=1S/C6H10O3S3/c7-5(1-3-10)12(9)6(8)2-4-11/h10-11H,1-4H2. The molecule has 0 rings (SSSR count). The molecule has 12 heavy (non-hydrogen) atoms. The monoisotopic (exact) mass is 226 g/mol. The normalized spacial score (nSPS) is 10.2. The van der Waals surface area contributed by atoms with E-state index in [-0.39, 0.29) is 12.8 Å². The molecule has 6 heteroatoms. The highest BCUT2D eigenvalue weighted by Gasteiger charge is 2.18. The summed E-state index contributed by atoms with van der Waals surface area (Å²) in [5.41, 5.74) is 0. The van der Waals surface area contributed by atoms with Gasteiger partial charge in [0.1, 0.15) is 0 Å². The van der Waals surface area contributed by atoms with Gasteiger partial charge in [0.05, 0.1) is 0 Å². The summed E-state index contributed by atoms with van der Waals surface area (Å²) in [4.78, 5) is 21.7. The number of carbonyl (C=O) groups is 2. The van der Waals surface area contributed by atoms with Crippen LogP contribution in [-0.2, 0) is 20.4 Å². The van der Waals surface area contributed by atoms with E-state index in [1.54, 1.807) is 0 Å². The van der Waals surface area contributed by atoms with Gasteiger partial charge in [-0.05, 0) is 11.5 Å². The average Bonchev–Trinajstić information content (AvgIpc) is 2.04. The predicted octanol–water partition coefficient (Wildman–Crippen LogP) is 0.428. The van der Waals surface area contributed by atoms with Gasteiger partial charge in [-0.3, -0.25) is 9.59 Å². The van der Waals surface area contributed by atoms with Crippen LogP contribution in [0, 0.1) is 0 Å². The van der Waals surface area contributed by atoms with Crippen LogP contribution in [0.5, 0.6) is 0 Å². The maximum absolute atomic E-state index is 11.0. The summed E-state index contributed by atoms with van der Waals surface area (Å²) in [7, 11) is -1.98. The summed E-state index contributed by atoms with van der Waals surface area (Å²) in [6.45, 7) is 0. The molecule has 0 aromatic rings. The summed E-state index contributed by atoms with van der Waals surface area (Å²) in [6, 6.07) is 0. The molecule has 0 aliphatic heterocycles. The molecular weight excluding hydrogens is 216 g/mol. The summed E-state index contributed by atoms with van der Waals surface area (Å²) >= 11 is 7.59. The van der Waals surface area contributed by atoms with Crippen LogP contribution in [0.3, 0.4) is 0 Å². The lowest BCUT2D eigenvalue weighted by Crippen LogP contribution is -2.17. The third-order valence-corrected chi connectivity index (χ3v) is 2.73. The van der Waals surface area contributed by atoms with Crippen molar-refractivity contribution in [1.29, 1.82) is 0 Å². The summed E-state index contributed by atoms with van der Waals surface area (Å²) in [5.74, 6) is 0.636. The quantitative estimate of drug-likeness (QED) is 0.683. The SMILES string of the molecule is O=C(CCS)S(=O)C(=O)CCS. The smallest absolute Gasteiger partial charge is 0.227 e. The summed E-state index contributed by atoms with van der Waals surface area (Å²) in [5, 5.41) is -1.09. The molecule has 0 N–H and O–H groups in total. The maximum Gasteiger partial charge on any atom is 0.227 e. The Hall–Kier alpha value is 0.190. The molecule has 0 aliphatic rings. The molecule has 3 nitrogen and oxygen atoms in total. The molecule has 0 bridgehead atoms. The molecule has 0 aliphatic carbocycles. The van der Waals surface area contributed by atoms with Gasteiger partial charge < -0.3 is 0 Å². The van der Waals surface area contributed by atoms with Crippen molar-refractivity contribution in [3.05, 3.63) is 0 Å². The minimum atomic E-state index is -1.98. The van der Waals surface area contributed by atoms with Gasteiger partial charge in [-0.15, -0.1) is 0 Å². The summed E-state index contributed by atoms with van der Waals surface area (Å²) in [6.07, 6.45) is 0.155. The van der Waals surface area contributed by atoms with Gasteiger partial charge in [-0.2, -0.15) is 25.3 Å². The Kier molecular flexibility index (Phi) is 6.78. The highest BCUT2D eigenvalue weighted by atomic mass is 32.2. The van der Waals surface area contributed by atoms with E-state index in [0.29, 0.717) is 11.5 Å². The summed E-state index contributed by atoms with van der Waals surface area (Å²) < 4.78 is 11.0. The molecule has 0 amide bonds. The first kappa shape index (κ1) is 12.2. The van der Waals surface area contributed by atoms with E-state index in [1.807, 2.05) is 0 Å². The molecular formula is C6H10O3S3. The third-order valence-electron chi connectivity index (χ3n) is 1.05. The van der Waals surface area contributed by atoms with E-state index in [0.717, 1.165) is 0 Å². The number of thiol groups is 2. The Bertz CT molecular complexity index is 182. The Morgan fingerprint density at radius 2 is 1.33 bits per heavy atom. The molecule has 0 radical (unpaired) electrons. The molecule has 0 aromatic heterocycles. The highest BCUT2D eigenvalue weighted by Crippen LogP contribution is 1.98. The van der Waals surface area contributed by atoms with E-state index in [2.05, 4.69) is 25.3 Å². The molecule has 0 spiro atoms. The van der Waals surface area contributed by atoms with E-state index >= 15 is 0 Å². The first-order chi connectivity index (χ1) is 5.63. The molecule has 0 heterocycles. The minimum absolute atomic E-state index is 0.0774. The van der Waals surface area contributed by atoms with E-state index in [9.17, 15) is 13.8 Å². The van der Waals surface area contributed by atoms with Crippen molar-refractivity contribution in [3.8, 4) is 0 Å². The van der Waals surface area contributed by atoms with Crippen LogP contribution < -0.4 is 0 Å². The first-order valence-electron chi connectivity index (χ1n) is 3.32. The second kappa shape index (κ2) is 6.68. The minimum Gasteiger partial charge on any atom is -0.284 e. The predicted molar refractivity (Wildman–Crippen MR) is 55.1 cm³/mol.